The Morgan fingerprint density at radius 1 is 1.69 bits per heavy atom. The van der Waals surface area contributed by atoms with Gasteiger partial charge in [-0.25, -0.2) is 5.06 Å². The van der Waals surface area contributed by atoms with Crippen LogP contribution in [0.1, 0.15) is 19.8 Å². The van der Waals surface area contributed by atoms with Crippen molar-refractivity contribution in [3.05, 3.63) is 0 Å². The second-order valence-corrected chi connectivity index (χ2v) is 3.39. The molecular formula is C9H18N2O2. The van der Waals surface area contributed by atoms with Crippen LogP contribution >= 0.6 is 0 Å². The zero-order valence-corrected chi connectivity index (χ0v) is 8.62. The molecule has 1 unspecified atom stereocenters. The number of amides is 1. The maximum Gasteiger partial charge on any atom is 0.263 e. The van der Waals surface area contributed by atoms with Crippen molar-refractivity contribution in [2.24, 2.45) is 0 Å². The first kappa shape index (κ1) is 10.5. The molecule has 1 rings (SSSR count). The molecule has 1 saturated heterocycles. The molecule has 4 nitrogen and oxygen atoms in total. The predicted molar refractivity (Wildman–Crippen MR) is 50.0 cm³/mol. The normalized spacial score (nSPS) is 23.5. The molecule has 0 spiro atoms. The number of hydrogen-bond donors (Lipinski definition) is 0. The number of likely N-dealkylation sites (tertiary alicyclic amines) is 1. The quantitative estimate of drug-likeness (QED) is 0.601. The van der Waals surface area contributed by atoms with Gasteiger partial charge in [-0.2, -0.15) is 0 Å². The summed E-state index contributed by atoms with van der Waals surface area (Å²) in [6.45, 7) is 3.43. The molecule has 13 heavy (non-hydrogen) atoms. The lowest BCUT2D eigenvalue weighted by molar-refractivity contribution is -0.181. The SMILES string of the molecule is CCON(C)C(=O)C1CCCN1C. The first-order valence-electron chi connectivity index (χ1n) is 4.77. The van der Waals surface area contributed by atoms with E-state index in [1.165, 1.54) is 5.06 Å². The summed E-state index contributed by atoms with van der Waals surface area (Å²) in [7, 11) is 3.66. The Bertz CT molecular complexity index is 184. The molecule has 1 fully saturated rings. The second-order valence-electron chi connectivity index (χ2n) is 3.39. The van der Waals surface area contributed by atoms with Gasteiger partial charge in [0.2, 0.25) is 0 Å². The maximum absolute atomic E-state index is 11.7. The number of hydroxylamine groups is 2. The molecule has 1 aliphatic heterocycles. The van der Waals surface area contributed by atoms with E-state index in [2.05, 4.69) is 4.90 Å². The maximum atomic E-state index is 11.7. The van der Waals surface area contributed by atoms with Gasteiger partial charge in [-0.15, -0.1) is 0 Å². The second kappa shape index (κ2) is 4.58. The van der Waals surface area contributed by atoms with Crippen LogP contribution in [0.25, 0.3) is 0 Å². The third-order valence-corrected chi connectivity index (χ3v) is 2.44. The Morgan fingerprint density at radius 3 is 2.85 bits per heavy atom. The highest BCUT2D eigenvalue weighted by Gasteiger charge is 2.30. The van der Waals surface area contributed by atoms with Gasteiger partial charge >= 0.3 is 0 Å². The highest BCUT2D eigenvalue weighted by Crippen LogP contribution is 2.16. The largest absolute Gasteiger partial charge is 0.295 e. The standard InChI is InChI=1S/C9H18N2O2/c1-4-13-11(3)9(12)8-6-5-7-10(8)2/h8H,4-7H2,1-3H3. The fraction of sp³-hybridized carbons (Fsp3) is 0.889. The molecule has 4 heteroatoms. The summed E-state index contributed by atoms with van der Waals surface area (Å²) in [6.07, 6.45) is 2.06. The highest BCUT2D eigenvalue weighted by atomic mass is 16.7. The zero-order valence-electron chi connectivity index (χ0n) is 8.62. The average Bonchev–Trinajstić information content (AvgIpc) is 2.50. The van der Waals surface area contributed by atoms with Crippen molar-refractivity contribution in [1.29, 1.82) is 0 Å². The lowest BCUT2D eigenvalue weighted by Crippen LogP contribution is -2.42. The molecule has 1 heterocycles. The smallest absolute Gasteiger partial charge is 0.263 e. The highest BCUT2D eigenvalue weighted by molar-refractivity contribution is 5.80. The van der Waals surface area contributed by atoms with E-state index >= 15 is 0 Å². The Morgan fingerprint density at radius 2 is 2.38 bits per heavy atom. The lowest BCUT2D eigenvalue weighted by Gasteiger charge is -2.23. The first-order chi connectivity index (χ1) is 6.16. The van der Waals surface area contributed by atoms with Gasteiger partial charge in [-0.05, 0) is 33.4 Å². The third-order valence-electron chi connectivity index (χ3n) is 2.44. The van der Waals surface area contributed by atoms with Crippen LogP contribution in [-0.4, -0.2) is 49.2 Å². The van der Waals surface area contributed by atoms with Gasteiger partial charge < -0.3 is 0 Å². The van der Waals surface area contributed by atoms with E-state index in [0.717, 1.165) is 19.4 Å². The van der Waals surface area contributed by atoms with Gasteiger partial charge in [0.05, 0.1) is 12.6 Å². The Hall–Kier alpha value is -0.610. The van der Waals surface area contributed by atoms with Gasteiger partial charge in [-0.3, -0.25) is 14.5 Å². The van der Waals surface area contributed by atoms with E-state index in [9.17, 15) is 4.79 Å². The van der Waals surface area contributed by atoms with Crippen molar-refractivity contribution in [2.45, 2.75) is 25.8 Å². The van der Waals surface area contributed by atoms with E-state index in [0.29, 0.717) is 6.61 Å². The van der Waals surface area contributed by atoms with E-state index in [4.69, 9.17) is 4.84 Å². The van der Waals surface area contributed by atoms with Crippen LogP contribution in [0.3, 0.4) is 0 Å². The molecule has 0 saturated carbocycles. The van der Waals surface area contributed by atoms with Crippen molar-refractivity contribution >= 4 is 5.91 Å². The van der Waals surface area contributed by atoms with Crippen LogP contribution in [0.2, 0.25) is 0 Å². The summed E-state index contributed by atoms with van der Waals surface area (Å²) in [4.78, 5) is 18.9. The van der Waals surface area contributed by atoms with E-state index < -0.39 is 0 Å². The summed E-state index contributed by atoms with van der Waals surface area (Å²) in [5.41, 5.74) is 0. The fourth-order valence-corrected chi connectivity index (χ4v) is 1.69. The van der Waals surface area contributed by atoms with Crippen LogP contribution in [-0.2, 0) is 9.63 Å². The van der Waals surface area contributed by atoms with Gasteiger partial charge in [0.15, 0.2) is 0 Å². The molecule has 0 bridgehead atoms. The molecule has 1 amide bonds. The molecular weight excluding hydrogens is 168 g/mol. The van der Waals surface area contributed by atoms with Crippen molar-refractivity contribution in [1.82, 2.24) is 9.96 Å². The molecule has 0 aromatic rings. The molecule has 0 aliphatic carbocycles. The number of rotatable bonds is 3. The minimum Gasteiger partial charge on any atom is -0.295 e. The number of carbonyl (C=O) groups excluding carboxylic acids is 1. The number of likely N-dealkylation sites (N-methyl/N-ethyl adjacent to an activating group) is 2. The monoisotopic (exact) mass is 186 g/mol. The first-order valence-corrected chi connectivity index (χ1v) is 4.77. The topological polar surface area (TPSA) is 32.8 Å². The minimum absolute atomic E-state index is 0.0246. The average molecular weight is 186 g/mol. The van der Waals surface area contributed by atoms with E-state index in [1.807, 2.05) is 14.0 Å². The Labute approximate surface area is 79.4 Å². The molecule has 0 N–H and O–H groups in total. The summed E-state index contributed by atoms with van der Waals surface area (Å²) in [5.74, 6) is 0.0712. The Kier molecular flexibility index (Phi) is 3.69. The molecule has 1 atom stereocenters. The minimum atomic E-state index is 0.0246. The summed E-state index contributed by atoms with van der Waals surface area (Å²) < 4.78 is 0. The fourth-order valence-electron chi connectivity index (χ4n) is 1.69. The van der Waals surface area contributed by atoms with Gasteiger partial charge in [-0.1, -0.05) is 0 Å². The molecule has 1 aliphatic rings. The molecule has 0 radical (unpaired) electrons. The number of nitrogens with zero attached hydrogens (tertiary/aromatic N) is 2. The van der Waals surface area contributed by atoms with Crippen molar-refractivity contribution in [3.63, 3.8) is 0 Å². The molecule has 0 aromatic heterocycles. The lowest BCUT2D eigenvalue weighted by atomic mass is 10.2. The molecule has 76 valence electrons. The Balaban J connectivity index is 2.46. The molecule has 0 aromatic carbocycles. The van der Waals surface area contributed by atoms with Gasteiger partial charge in [0, 0.05) is 7.05 Å². The number of hydrogen-bond acceptors (Lipinski definition) is 3. The van der Waals surface area contributed by atoms with Gasteiger partial charge in [0.25, 0.3) is 5.91 Å². The van der Waals surface area contributed by atoms with Crippen molar-refractivity contribution in [2.75, 3.05) is 27.2 Å². The summed E-state index contributed by atoms with van der Waals surface area (Å²) >= 11 is 0. The van der Waals surface area contributed by atoms with Crippen LogP contribution in [0, 0.1) is 0 Å². The van der Waals surface area contributed by atoms with E-state index in [1.54, 1.807) is 7.05 Å². The van der Waals surface area contributed by atoms with Crippen LogP contribution in [0.15, 0.2) is 0 Å². The van der Waals surface area contributed by atoms with Crippen molar-refractivity contribution < 1.29 is 9.63 Å². The third kappa shape index (κ3) is 2.42. The summed E-state index contributed by atoms with van der Waals surface area (Å²) in [5, 5.41) is 1.35. The zero-order chi connectivity index (χ0) is 9.84. The van der Waals surface area contributed by atoms with Crippen LogP contribution in [0.5, 0.6) is 0 Å². The van der Waals surface area contributed by atoms with Crippen LogP contribution < -0.4 is 0 Å². The van der Waals surface area contributed by atoms with E-state index in [-0.39, 0.29) is 11.9 Å². The van der Waals surface area contributed by atoms with Crippen molar-refractivity contribution in [3.8, 4) is 0 Å². The summed E-state index contributed by atoms with van der Waals surface area (Å²) in [6, 6.07) is 0.0246. The number of carbonyl (C=O) groups is 1. The van der Waals surface area contributed by atoms with Crippen LogP contribution in [0.4, 0.5) is 0 Å². The van der Waals surface area contributed by atoms with Gasteiger partial charge in [0.1, 0.15) is 0 Å². The predicted octanol–water partition coefficient (Wildman–Crippen LogP) is 0.490.